The van der Waals surface area contributed by atoms with E-state index in [1.54, 1.807) is 0 Å². The summed E-state index contributed by atoms with van der Waals surface area (Å²) in [6, 6.07) is 19.1. The van der Waals surface area contributed by atoms with Crippen LogP contribution in [-0.4, -0.2) is 47.3 Å². The van der Waals surface area contributed by atoms with Crippen LogP contribution in [0.15, 0.2) is 54.6 Å². The van der Waals surface area contributed by atoms with Gasteiger partial charge in [-0.05, 0) is 49.7 Å². The molecule has 0 bridgehead atoms. The zero-order valence-corrected chi connectivity index (χ0v) is 17.9. The Bertz CT molecular complexity index is 862. The molecule has 158 valence electrons. The van der Waals surface area contributed by atoms with Crippen molar-refractivity contribution in [3.05, 3.63) is 71.3 Å². The fraction of sp³-hybridized carbons (Fsp3) is 0.462. The predicted octanol–water partition coefficient (Wildman–Crippen LogP) is 4.01. The fourth-order valence-electron chi connectivity index (χ4n) is 4.93. The topological polar surface area (TPSA) is 40.6 Å². The number of carbonyl (C=O) groups is 2. The van der Waals surface area contributed by atoms with Crippen LogP contribution in [0.2, 0.25) is 0 Å². The van der Waals surface area contributed by atoms with E-state index in [9.17, 15) is 9.59 Å². The maximum absolute atomic E-state index is 12.8. The van der Waals surface area contributed by atoms with Crippen molar-refractivity contribution in [1.29, 1.82) is 0 Å². The van der Waals surface area contributed by atoms with E-state index in [-0.39, 0.29) is 17.9 Å². The van der Waals surface area contributed by atoms with Crippen molar-refractivity contribution in [2.45, 2.75) is 51.5 Å². The van der Waals surface area contributed by atoms with E-state index in [1.807, 2.05) is 11.0 Å². The largest absolute Gasteiger partial charge is 0.342 e. The molecule has 0 aliphatic carbocycles. The lowest BCUT2D eigenvalue weighted by Crippen LogP contribution is -2.57. The van der Waals surface area contributed by atoms with E-state index in [2.05, 4.69) is 60.4 Å². The van der Waals surface area contributed by atoms with Crippen LogP contribution in [0, 0.1) is 12.8 Å². The molecule has 4 nitrogen and oxygen atoms in total. The van der Waals surface area contributed by atoms with Gasteiger partial charge in [0.05, 0.1) is 0 Å². The number of nitrogens with zero attached hydrogens (tertiary/aromatic N) is 2. The molecule has 2 heterocycles. The first-order chi connectivity index (χ1) is 14.6. The quantitative estimate of drug-likeness (QED) is 0.730. The normalized spacial score (nSPS) is 21.4. The van der Waals surface area contributed by atoms with Crippen molar-refractivity contribution < 1.29 is 9.59 Å². The molecule has 30 heavy (non-hydrogen) atoms. The van der Waals surface area contributed by atoms with Crippen LogP contribution >= 0.6 is 0 Å². The van der Waals surface area contributed by atoms with Gasteiger partial charge in [-0.15, -0.1) is 0 Å². The number of hydrogen-bond donors (Lipinski definition) is 0. The molecular formula is C26H32N2O2. The Morgan fingerprint density at radius 3 is 2.47 bits per heavy atom. The maximum Gasteiger partial charge on any atom is 0.222 e. The van der Waals surface area contributed by atoms with Crippen molar-refractivity contribution in [1.82, 2.24) is 9.80 Å². The first kappa shape index (κ1) is 20.6. The molecule has 2 saturated heterocycles. The van der Waals surface area contributed by atoms with E-state index in [4.69, 9.17) is 0 Å². The first-order valence-electron chi connectivity index (χ1n) is 11.3. The van der Waals surface area contributed by atoms with Crippen LogP contribution in [0.5, 0.6) is 0 Å². The molecule has 0 N–H and O–H groups in total. The van der Waals surface area contributed by atoms with Gasteiger partial charge in [-0.1, -0.05) is 60.2 Å². The van der Waals surface area contributed by atoms with Gasteiger partial charge < -0.3 is 9.80 Å². The number of benzene rings is 2. The molecule has 0 unspecified atom stereocenters. The molecule has 0 saturated carbocycles. The zero-order valence-electron chi connectivity index (χ0n) is 17.9. The molecule has 0 spiro atoms. The van der Waals surface area contributed by atoms with Gasteiger partial charge in [0.2, 0.25) is 11.8 Å². The van der Waals surface area contributed by atoms with Gasteiger partial charge in [-0.2, -0.15) is 0 Å². The van der Waals surface area contributed by atoms with Crippen molar-refractivity contribution in [3.8, 4) is 0 Å². The highest BCUT2D eigenvalue weighted by Crippen LogP contribution is 2.31. The SMILES string of the molecule is Cc1ccc(CCC(=O)N2CC[C@H]3[C@H](CCC(=O)N3CCc3ccccc3)C2)cc1. The highest BCUT2D eigenvalue weighted by Gasteiger charge is 2.39. The van der Waals surface area contributed by atoms with Crippen LogP contribution in [0.3, 0.4) is 0 Å². The van der Waals surface area contributed by atoms with Gasteiger partial charge in [-0.25, -0.2) is 0 Å². The van der Waals surface area contributed by atoms with E-state index < -0.39 is 0 Å². The predicted molar refractivity (Wildman–Crippen MR) is 119 cm³/mol. The summed E-state index contributed by atoms with van der Waals surface area (Å²) < 4.78 is 0. The third-order valence-corrected chi connectivity index (χ3v) is 6.73. The molecule has 2 aromatic rings. The van der Waals surface area contributed by atoms with Crippen LogP contribution in [0.25, 0.3) is 0 Å². The second-order valence-electron chi connectivity index (χ2n) is 8.80. The molecule has 4 rings (SSSR count). The molecule has 4 heteroatoms. The highest BCUT2D eigenvalue weighted by atomic mass is 16.2. The Morgan fingerprint density at radius 1 is 0.967 bits per heavy atom. The standard InChI is InChI=1S/C26H32N2O2/c1-20-7-9-22(10-8-20)11-13-25(29)27-17-16-24-23(19-27)12-14-26(30)28(24)18-15-21-5-3-2-4-6-21/h2-10,23-24H,11-19H2,1H3/t23-,24+/m1/s1. The van der Waals surface area contributed by atoms with Crippen molar-refractivity contribution in [2.24, 2.45) is 5.92 Å². The van der Waals surface area contributed by atoms with Crippen molar-refractivity contribution >= 4 is 11.8 Å². The summed E-state index contributed by atoms with van der Waals surface area (Å²) in [6.07, 6.45) is 4.69. The summed E-state index contributed by atoms with van der Waals surface area (Å²) in [6.45, 7) is 4.43. The number of piperidine rings is 2. The minimum atomic E-state index is 0.252. The van der Waals surface area contributed by atoms with Crippen LogP contribution in [-0.2, 0) is 22.4 Å². The van der Waals surface area contributed by atoms with Gasteiger partial charge >= 0.3 is 0 Å². The molecule has 0 aromatic heterocycles. The lowest BCUT2D eigenvalue weighted by molar-refractivity contribution is -0.144. The number of carbonyl (C=O) groups excluding carboxylic acids is 2. The third kappa shape index (κ3) is 4.92. The average Bonchev–Trinajstić information content (AvgIpc) is 2.78. The Morgan fingerprint density at radius 2 is 1.70 bits per heavy atom. The monoisotopic (exact) mass is 404 g/mol. The highest BCUT2D eigenvalue weighted by molar-refractivity contribution is 5.78. The number of aryl methyl sites for hydroxylation is 2. The molecule has 0 radical (unpaired) electrons. The van der Waals surface area contributed by atoms with Gasteiger partial charge in [0.15, 0.2) is 0 Å². The Kier molecular flexibility index (Phi) is 6.51. The summed E-state index contributed by atoms with van der Waals surface area (Å²) >= 11 is 0. The molecular weight excluding hydrogens is 372 g/mol. The minimum Gasteiger partial charge on any atom is -0.342 e. The number of fused-ring (bicyclic) bond motifs is 1. The number of likely N-dealkylation sites (tertiary alicyclic amines) is 2. The summed E-state index contributed by atoms with van der Waals surface area (Å²) in [7, 11) is 0. The number of hydrogen-bond acceptors (Lipinski definition) is 2. The molecule has 2 fully saturated rings. The first-order valence-corrected chi connectivity index (χ1v) is 11.3. The summed E-state index contributed by atoms with van der Waals surface area (Å²) in [5.41, 5.74) is 3.74. The fourth-order valence-corrected chi connectivity index (χ4v) is 4.93. The molecule has 2 amide bonds. The second-order valence-corrected chi connectivity index (χ2v) is 8.80. The smallest absolute Gasteiger partial charge is 0.222 e. The van der Waals surface area contributed by atoms with Crippen LogP contribution in [0.4, 0.5) is 0 Å². The summed E-state index contributed by atoms with van der Waals surface area (Å²) in [4.78, 5) is 29.6. The summed E-state index contributed by atoms with van der Waals surface area (Å²) in [5, 5.41) is 0. The Labute approximate surface area is 179 Å². The van der Waals surface area contributed by atoms with E-state index >= 15 is 0 Å². The number of rotatable bonds is 6. The van der Waals surface area contributed by atoms with E-state index in [0.717, 1.165) is 45.3 Å². The van der Waals surface area contributed by atoms with E-state index in [0.29, 0.717) is 18.8 Å². The third-order valence-electron chi connectivity index (χ3n) is 6.73. The van der Waals surface area contributed by atoms with E-state index in [1.165, 1.54) is 16.7 Å². The lowest BCUT2D eigenvalue weighted by Gasteiger charge is -2.47. The second kappa shape index (κ2) is 9.46. The lowest BCUT2D eigenvalue weighted by atomic mass is 9.83. The molecule has 2 aromatic carbocycles. The zero-order chi connectivity index (χ0) is 20.9. The average molecular weight is 405 g/mol. The summed E-state index contributed by atoms with van der Waals surface area (Å²) in [5.74, 6) is 0.948. The molecule has 2 aliphatic rings. The van der Waals surface area contributed by atoms with Gasteiger partial charge in [-0.3, -0.25) is 9.59 Å². The Hall–Kier alpha value is -2.62. The molecule has 2 atom stereocenters. The molecule has 2 aliphatic heterocycles. The maximum atomic E-state index is 12.8. The number of amides is 2. The van der Waals surface area contributed by atoms with Gasteiger partial charge in [0.1, 0.15) is 0 Å². The van der Waals surface area contributed by atoms with Crippen LogP contribution in [0.1, 0.15) is 42.4 Å². The van der Waals surface area contributed by atoms with Crippen LogP contribution < -0.4 is 0 Å². The van der Waals surface area contributed by atoms with Gasteiger partial charge in [0.25, 0.3) is 0 Å². The van der Waals surface area contributed by atoms with Gasteiger partial charge in [0, 0.05) is 38.5 Å². The Balaban J connectivity index is 1.31. The van der Waals surface area contributed by atoms with Crippen molar-refractivity contribution in [2.75, 3.05) is 19.6 Å². The van der Waals surface area contributed by atoms with Crippen molar-refractivity contribution in [3.63, 3.8) is 0 Å². The minimum absolute atomic E-state index is 0.252.